The summed E-state index contributed by atoms with van der Waals surface area (Å²) in [6, 6.07) is 5.99. The van der Waals surface area contributed by atoms with E-state index in [9.17, 15) is 4.79 Å². The van der Waals surface area contributed by atoms with Crippen molar-refractivity contribution in [1.82, 2.24) is 15.2 Å². The number of carbonyl (C=O) groups is 1. The van der Waals surface area contributed by atoms with Gasteiger partial charge in [-0.1, -0.05) is 20.3 Å². The number of aromatic nitrogens is 1. The first kappa shape index (κ1) is 18.1. The van der Waals surface area contributed by atoms with Gasteiger partial charge in [-0.25, -0.2) is 9.78 Å². The van der Waals surface area contributed by atoms with E-state index in [1.54, 1.807) is 17.2 Å². The average molecular weight is 329 g/mol. The van der Waals surface area contributed by atoms with Gasteiger partial charge in [-0.15, -0.1) is 0 Å². The molecule has 24 heavy (non-hydrogen) atoms. The predicted octanol–water partition coefficient (Wildman–Crippen LogP) is 2.61. The highest BCUT2D eigenvalue weighted by Crippen LogP contribution is 2.18. The fourth-order valence-corrected chi connectivity index (χ4v) is 2.86. The van der Waals surface area contributed by atoms with E-state index >= 15 is 0 Å². The molecule has 1 saturated heterocycles. The summed E-state index contributed by atoms with van der Waals surface area (Å²) in [6.07, 6.45) is 4.50. The molecule has 6 heteroatoms. The van der Waals surface area contributed by atoms with Gasteiger partial charge in [0.05, 0.1) is 5.56 Å². The van der Waals surface area contributed by atoms with Crippen molar-refractivity contribution in [2.45, 2.75) is 39.2 Å². The molecule has 0 saturated carbocycles. The number of amides is 2. The molecule has 1 aliphatic heterocycles. The van der Waals surface area contributed by atoms with E-state index in [1.807, 2.05) is 13.1 Å². The predicted molar refractivity (Wildman–Crippen MR) is 94.8 cm³/mol. The lowest BCUT2D eigenvalue weighted by molar-refractivity contribution is 0.195. The number of carbonyl (C=O) groups excluding carboxylic acids is 1. The Kier molecular flexibility index (Phi) is 6.42. The number of piperidine rings is 1. The van der Waals surface area contributed by atoms with Crippen molar-refractivity contribution in [2.24, 2.45) is 5.92 Å². The second-order valence-electron chi connectivity index (χ2n) is 6.62. The lowest BCUT2D eigenvalue weighted by Gasteiger charge is -2.34. The van der Waals surface area contributed by atoms with E-state index in [-0.39, 0.29) is 12.1 Å². The highest BCUT2D eigenvalue weighted by atomic mass is 16.2. The molecule has 1 aromatic heterocycles. The van der Waals surface area contributed by atoms with Gasteiger partial charge in [0.15, 0.2) is 0 Å². The van der Waals surface area contributed by atoms with Crippen molar-refractivity contribution in [3.8, 4) is 6.07 Å². The molecule has 0 aliphatic carbocycles. The van der Waals surface area contributed by atoms with E-state index in [0.29, 0.717) is 11.5 Å². The molecule has 1 aromatic rings. The minimum atomic E-state index is 0.0187. The SMILES string of the molecule is CCC(C)CN(C)C(=O)NC1CCN(c2ccc(C#N)cn2)CC1. The zero-order valence-corrected chi connectivity index (χ0v) is 14.8. The van der Waals surface area contributed by atoms with Gasteiger partial charge in [-0.05, 0) is 30.9 Å². The molecular formula is C18H27N5O. The van der Waals surface area contributed by atoms with Crippen LogP contribution in [-0.4, -0.2) is 48.6 Å². The van der Waals surface area contributed by atoms with Crippen molar-refractivity contribution in [3.63, 3.8) is 0 Å². The number of rotatable bonds is 5. The molecule has 0 bridgehead atoms. The summed E-state index contributed by atoms with van der Waals surface area (Å²) in [5.74, 6) is 1.41. The molecule has 6 nitrogen and oxygen atoms in total. The van der Waals surface area contributed by atoms with Crippen LogP contribution in [0.2, 0.25) is 0 Å². The summed E-state index contributed by atoms with van der Waals surface area (Å²) in [5.41, 5.74) is 0.574. The third-order valence-electron chi connectivity index (χ3n) is 4.65. The topological polar surface area (TPSA) is 72.3 Å². The normalized spacial score (nSPS) is 16.3. The first-order valence-electron chi connectivity index (χ1n) is 8.66. The molecule has 1 N–H and O–H groups in total. The van der Waals surface area contributed by atoms with Crippen molar-refractivity contribution in [2.75, 3.05) is 31.6 Å². The van der Waals surface area contributed by atoms with Gasteiger partial charge in [0, 0.05) is 38.9 Å². The third-order valence-corrected chi connectivity index (χ3v) is 4.65. The molecule has 0 spiro atoms. The maximum Gasteiger partial charge on any atom is 0.317 e. The van der Waals surface area contributed by atoms with Gasteiger partial charge < -0.3 is 15.1 Å². The molecule has 0 aromatic carbocycles. The third kappa shape index (κ3) is 4.85. The number of nitriles is 1. The van der Waals surface area contributed by atoms with E-state index < -0.39 is 0 Å². The van der Waals surface area contributed by atoms with Crippen molar-refractivity contribution >= 4 is 11.8 Å². The van der Waals surface area contributed by atoms with Crippen LogP contribution in [0.1, 0.15) is 38.7 Å². The number of nitrogens with zero attached hydrogens (tertiary/aromatic N) is 4. The fraction of sp³-hybridized carbons (Fsp3) is 0.611. The largest absolute Gasteiger partial charge is 0.356 e. The lowest BCUT2D eigenvalue weighted by atomic mass is 10.1. The molecule has 2 amide bonds. The Bertz CT molecular complexity index is 572. The highest BCUT2D eigenvalue weighted by Gasteiger charge is 2.23. The molecular weight excluding hydrogens is 302 g/mol. The number of anilines is 1. The molecule has 1 atom stereocenters. The van der Waals surface area contributed by atoms with Crippen LogP contribution in [0.15, 0.2) is 18.3 Å². The number of hydrogen-bond acceptors (Lipinski definition) is 4. The van der Waals surface area contributed by atoms with Gasteiger partial charge >= 0.3 is 6.03 Å². The molecule has 0 radical (unpaired) electrons. The Morgan fingerprint density at radius 3 is 2.75 bits per heavy atom. The molecule has 2 rings (SSSR count). The van der Waals surface area contributed by atoms with Crippen LogP contribution in [-0.2, 0) is 0 Å². The molecule has 2 heterocycles. The van der Waals surface area contributed by atoms with Crippen LogP contribution in [0.3, 0.4) is 0 Å². The number of pyridine rings is 1. The van der Waals surface area contributed by atoms with Crippen LogP contribution in [0.25, 0.3) is 0 Å². The molecule has 1 aliphatic rings. The standard InChI is InChI=1S/C18H27N5O/c1-4-14(2)13-22(3)18(24)21-16-7-9-23(10-8-16)17-6-5-15(11-19)12-20-17/h5-6,12,14,16H,4,7-10,13H2,1-3H3,(H,21,24). The van der Waals surface area contributed by atoms with Crippen molar-refractivity contribution in [3.05, 3.63) is 23.9 Å². The molecule has 1 unspecified atom stereocenters. The summed E-state index contributed by atoms with van der Waals surface area (Å²) in [7, 11) is 1.86. The smallest absolute Gasteiger partial charge is 0.317 e. The van der Waals surface area contributed by atoms with E-state index in [2.05, 4.69) is 35.1 Å². The number of nitrogens with one attached hydrogen (secondary N) is 1. The summed E-state index contributed by atoms with van der Waals surface area (Å²) < 4.78 is 0. The Morgan fingerprint density at radius 1 is 1.50 bits per heavy atom. The van der Waals surface area contributed by atoms with Crippen LogP contribution in [0.5, 0.6) is 0 Å². The van der Waals surface area contributed by atoms with Gasteiger partial charge in [-0.3, -0.25) is 0 Å². The second-order valence-corrected chi connectivity index (χ2v) is 6.62. The first-order valence-corrected chi connectivity index (χ1v) is 8.66. The maximum atomic E-state index is 12.2. The van der Waals surface area contributed by atoms with Crippen LogP contribution >= 0.6 is 0 Å². The van der Waals surface area contributed by atoms with Gasteiger partial charge in [0.2, 0.25) is 0 Å². The second kappa shape index (κ2) is 8.53. The average Bonchev–Trinajstić information content (AvgIpc) is 2.62. The van der Waals surface area contributed by atoms with Crippen LogP contribution < -0.4 is 10.2 Å². The fourth-order valence-electron chi connectivity index (χ4n) is 2.86. The first-order chi connectivity index (χ1) is 11.5. The zero-order chi connectivity index (χ0) is 17.5. The van der Waals surface area contributed by atoms with Gasteiger partial charge in [0.1, 0.15) is 11.9 Å². The number of hydrogen-bond donors (Lipinski definition) is 1. The van der Waals surface area contributed by atoms with Crippen LogP contribution in [0.4, 0.5) is 10.6 Å². The van der Waals surface area contributed by atoms with E-state index in [1.165, 1.54) is 0 Å². The summed E-state index contributed by atoms with van der Waals surface area (Å²) in [5, 5.41) is 12.0. The van der Waals surface area contributed by atoms with Crippen molar-refractivity contribution in [1.29, 1.82) is 5.26 Å². The maximum absolute atomic E-state index is 12.2. The quantitative estimate of drug-likeness (QED) is 0.901. The summed E-state index contributed by atoms with van der Waals surface area (Å²) >= 11 is 0. The minimum absolute atomic E-state index is 0.0187. The van der Waals surface area contributed by atoms with Crippen molar-refractivity contribution < 1.29 is 4.79 Å². The highest BCUT2D eigenvalue weighted by molar-refractivity contribution is 5.74. The molecule has 1 fully saturated rings. The monoisotopic (exact) mass is 329 g/mol. The van der Waals surface area contributed by atoms with Gasteiger partial charge in [0.25, 0.3) is 0 Å². The van der Waals surface area contributed by atoms with E-state index in [4.69, 9.17) is 5.26 Å². The summed E-state index contributed by atoms with van der Waals surface area (Å²) in [6.45, 7) is 6.81. The summed E-state index contributed by atoms with van der Waals surface area (Å²) in [4.78, 5) is 20.6. The Balaban J connectivity index is 1.79. The van der Waals surface area contributed by atoms with E-state index in [0.717, 1.165) is 44.7 Å². The molecule has 130 valence electrons. The lowest BCUT2D eigenvalue weighted by Crippen LogP contribution is -2.49. The van der Waals surface area contributed by atoms with Gasteiger partial charge in [-0.2, -0.15) is 5.26 Å². The zero-order valence-electron chi connectivity index (χ0n) is 14.8. The van der Waals surface area contributed by atoms with Crippen LogP contribution in [0, 0.1) is 17.2 Å². The Hall–Kier alpha value is -2.29. The number of urea groups is 1. The Morgan fingerprint density at radius 2 is 2.21 bits per heavy atom. The minimum Gasteiger partial charge on any atom is -0.356 e. The Labute approximate surface area is 144 Å².